The fourth-order valence-corrected chi connectivity index (χ4v) is 5.58. The molecule has 0 bridgehead atoms. The predicted molar refractivity (Wildman–Crippen MR) is 121 cm³/mol. The normalized spacial score (nSPS) is 27.1. The molecule has 0 aliphatic heterocycles. The first-order valence-electron chi connectivity index (χ1n) is 12.2. The Morgan fingerprint density at radius 2 is 1.93 bits per heavy atom. The summed E-state index contributed by atoms with van der Waals surface area (Å²) >= 11 is 0. The second-order valence-electron chi connectivity index (χ2n) is 9.46. The van der Waals surface area contributed by atoms with Gasteiger partial charge < -0.3 is 4.74 Å². The van der Waals surface area contributed by atoms with Crippen LogP contribution in [0.5, 0.6) is 5.75 Å². The lowest BCUT2D eigenvalue weighted by atomic mass is 9.68. The number of benzene rings is 1. The molecule has 0 saturated heterocycles. The van der Waals surface area contributed by atoms with Crippen LogP contribution in [0.25, 0.3) is 0 Å². The third-order valence-corrected chi connectivity index (χ3v) is 7.34. The van der Waals surface area contributed by atoms with Crippen LogP contribution in [0.4, 0.5) is 4.39 Å². The minimum atomic E-state index is -0.521. The Hall–Kier alpha value is -1.82. The Balaban J connectivity index is 1.36. The molecule has 0 N–H and O–H groups in total. The van der Waals surface area contributed by atoms with E-state index in [1.807, 2.05) is 6.07 Å². The first-order valence-corrected chi connectivity index (χ1v) is 12.2. The number of allylic oxidation sites excluding steroid dienone is 1. The van der Waals surface area contributed by atoms with E-state index in [0.29, 0.717) is 18.3 Å². The van der Waals surface area contributed by atoms with Crippen LogP contribution >= 0.6 is 0 Å². The summed E-state index contributed by atoms with van der Waals surface area (Å²) in [5.41, 5.74) is 0.0555. The number of rotatable bonds is 9. The van der Waals surface area contributed by atoms with Gasteiger partial charge in [-0.05, 0) is 67.9 Å². The molecule has 2 aliphatic carbocycles. The van der Waals surface area contributed by atoms with Crippen LogP contribution in [0.1, 0.15) is 89.5 Å². The molecular weight excluding hydrogens is 373 g/mol. The van der Waals surface area contributed by atoms with Crippen molar-refractivity contribution in [1.29, 1.82) is 5.26 Å². The number of unbranched alkanes of at least 4 members (excludes halogenated alkanes) is 2. The minimum absolute atomic E-state index is 0.0555. The average Bonchev–Trinajstić information content (AvgIpc) is 2.78. The van der Waals surface area contributed by atoms with E-state index in [1.54, 1.807) is 6.07 Å². The lowest BCUT2D eigenvalue weighted by Gasteiger charge is -2.38. The predicted octanol–water partition coefficient (Wildman–Crippen LogP) is 7.83. The maximum Gasteiger partial charge on any atom is 0.144 e. The molecule has 0 spiro atoms. The number of halogens is 1. The second kappa shape index (κ2) is 12.1. The van der Waals surface area contributed by atoms with Crippen molar-refractivity contribution < 1.29 is 9.13 Å². The topological polar surface area (TPSA) is 33.0 Å². The summed E-state index contributed by atoms with van der Waals surface area (Å²) in [4.78, 5) is 0. The molecule has 1 aromatic carbocycles. The second-order valence-corrected chi connectivity index (χ2v) is 9.46. The van der Waals surface area contributed by atoms with Crippen LogP contribution in [-0.4, -0.2) is 6.61 Å². The smallest absolute Gasteiger partial charge is 0.144 e. The maximum atomic E-state index is 13.6. The van der Waals surface area contributed by atoms with Crippen molar-refractivity contribution in [2.75, 3.05) is 6.61 Å². The molecule has 2 saturated carbocycles. The zero-order valence-corrected chi connectivity index (χ0v) is 18.6. The molecule has 0 aromatic heterocycles. The number of nitriles is 1. The van der Waals surface area contributed by atoms with Crippen molar-refractivity contribution in [3.63, 3.8) is 0 Å². The molecule has 164 valence electrons. The number of hydrogen-bond donors (Lipinski definition) is 0. The van der Waals surface area contributed by atoms with Gasteiger partial charge in [0.25, 0.3) is 0 Å². The van der Waals surface area contributed by atoms with Crippen molar-refractivity contribution in [3.05, 3.63) is 41.7 Å². The third kappa shape index (κ3) is 6.86. The fraction of sp³-hybridized carbons (Fsp3) is 0.667. The van der Waals surface area contributed by atoms with Gasteiger partial charge in [0.15, 0.2) is 0 Å². The molecule has 2 aliphatic rings. The summed E-state index contributed by atoms with van der Waals surface area (Å²) < 4.78 is 19.2. The lowest BCUT2D eigenvalue weighted by Crippen LogP contribution is -2.26. The summed E-state index contributed by atoms with van der Waals surface area (Å²) in [6, 6.07) is 6.24. The summed E-state index contributed by atoms with van der Waals surface area (Å²) in [5, 5.41) is 8.78. The lowest BCUT2D eigenvalue weighted by molar-refractivity contribution is 0.143. The van der Waals surface area contributed by atoms with E-state index in [9.17, 15) is 4.39 Å². The molecule has 3 rings (SSSR count). The van der Waals surface area contributed by atoms with Crippen LogP contribution in [0.2, 0.25) is 0 Å². The van der Waals surface area contributed by atoms with Crippen LogP contribution in [0, 0.1) is 40.8 Å². The standard InChI is InChI=1S/C27H38FNO/c1-2-3-4-7-22-8-5-10-24(18-22)23-13-11-21(12-14-23)9-6-17-30-26-16-15-25(20-29)27(28)19-26/h6,9,15-16,19,21-24H,2-5,7-8,10-14,17-18H2,1H3/b9-6+/t21?,22-,23?,24-/m0/s1. The zero-order chi connectivity index (χ0) is 21.2. The number of ether oxygens (including phenoxy) is 1. The molecule has 2 fully saturated rings. The van der Waals surface area contributed by atoms with Crippen molar-refractivity contribution >= 4 is 0 Å². The molecule has 30 heavy (non-hydrogen) atoms. The quantitative estimate of drug-likeness (QED) is 0.306. The molecule has 2 nitrogen and oxygen atoms in total. The Morgan fingerprint density at radius 3 is 2.67 bits per heavy atom. The fourth-order valence-electron chi connectivity index (χ4n) is 5.58. The van der Waals surface area contributed by atoms with E-state index >= 15 is 0 Å². The largest absolute Gasteiger partial charge is 0.489 e. The van der Waals surface area contributed by atoms with Crippen molar-refractivity contribution in [1.82, 2.24) is 0 Å². The van der Waals surface area contributed by atoms with Gasteiger partial charge in [0.05, 0.1) is 5.56 Å². The molecule has 0 amide bonds. The Kier molecular flexibility index (Phi) is 9.25. The molecule has 0 unspecified atom stereocenters. The van der Waals surface area contributed by atoms with E-state index in [1.165, 1.54) is 89.2 Å². The van der Waals surface area contributed by atoms with Crippen LogP contribution < -0.4 is 4.74 Å². The van der Waals surface area contributed by atoms with Crippen molar-refractivity contribution in [2.24, 2.45) is 23.7 Å². The Morgan fingerprint density at radius 1 is 1.10 bits per heavy atom. The van der Waals surface area contributed by atoms with Gasteiger partial charge in [0.2, 0.25) is 0 Å². The Labute approximate surface area is 182 Å². The van der Waals surface area contributed by atoms with E-state index in [0.717, 1.165) is 17.8 Å². The summed E-state index contributed by atoms with van der Waals surface area (Å²) in [6.07, 6.45) is 21.2. The van der Waals surface area contributed by atoms with E-state index in [4.69, 9.17) is 10.00 Å². The van der Waals surface area contributed by atoms with E-state index in [2.05, 4.69) is 19.1 Å². The minimum Gasteiger partial charge on any atom is -0.489 e. The first-order chi connectivity index (χ1) is 14.7. The van der Waals surface area contributed by atoms with Gasteiger partial charge in [0, 0.05) is 6.07 Å². The van der Waals surface area contributed by atoms with Gasteiger partial charge in [-0.25, -0.2) is 4.39 Å². The monoisotopic (exact) mass is 411 g/mol. The van der Waals surface area contributed by atoms with Gasteiger partial charge in [-0.2, -0.15) is 5.26 Å². The van der Waals surface area contributed by atoms with Gasteiger partial charge in [-0.3, -0.25) is 0 Å². The average molecular weight is 412 g/mol. The first kappa shape index (κ1) is 22.9. The molecule has 3 heteroatoms. The molecular formula is C27H38FNO. The molecule has 0 heterocycles. The van der Waals surface area contributed by atoms with Gasteiger partial charge in [0.1, 0.15) is 24.2 Å². The SMILES string of the molecule is CCCCC[C@H]1CCC[C@H](C2CCC(/C=C/COc3ccc(C#N)c(F)c3)CC2)C1. The highest BCUT2D eigenvalue weighted by atomic mass is 19.1. The molecule has 0 radical (unpaired) electrons. The van der Waals surface area contributed by atoms with E-state index in [-0.39, 0.29) is 5.56 Å². The van der Waals surface area contributed by atoms with Gasteiger partial charge >= 0.3 is 0 Å². The molecule has 2 atom stereocenters. The van der Waals surface area contributed by atoms with Crippen LogP contribution in [-0.2, 0) is 0 Å². The summed E-state index contributed by atoms with van der Waals surface area (Å²) in [6.45, 7) is 2.75. The highest BCUT2D eigenvalue weighted by Crippen LogP contribution is 2.43. The summed E-state index contributed by atoms with van der Waals surface area (Å²) in [5.74, 6) is 3.54. The summed E-state index contributed by atoms with van der Waals surface area (Å²) in [7, 11) is 0. The Bertz CT molecular complexity index is 714. The third-order valence-electron chi connectivity index (χ3n) is 7.34. The number of nitrogens with zero attached hydrogens (tertiary/aromatic N) is 1. The molecule has 1 aromatic rings. The zero-order valence-electron chi connectivity index (χ0n) is 18.6. The van der Waals surface area contributed by atoms with Crippen molar-refractivity contribution in [2.45, 2.75) is 84.0 Å². The van der Waals surface area contributed by atoms with E-state index < -0.39 is 5.82 Å². The maximum absolute atomic E-state index is 13.6. The highest BCUT2D eigenvalue weighted by Gasteiger charge is 2.30. The van der Waals surface area contributed by atoms with Gasteiger partial charge in [-0.1, -0.05) is 64.0 Å². The van der Waals surface area contributed by atoms with Crippen LogP contribution in [0.3, 0.4) is 0 Å². The number of hydrogen-bond acceptors (Lipinski definition) is 2. The van der Waals surface area contributed by atoms with Crippen molar-refractivity contribution in [3.8, 4) is 11.8 Å². The van der Waals surface area contributed by atoms with Gasteiger partial charge in [-0.15, -0.1) is 0 Å². The highest BCUT2D eigenvalue weighted by molar-refractivity contribution is 5.36. The van der Waals surface area contributed by atoms with Crippen LogP contribution in [0.15, 0.2) is 30.4 Å².